The fourth-order valence-electron chi connectivity index (χ4n) is 2.28. The van der Waals surface area contributed by atoms with E-state index in [1.54, 1.807) is 0 Å². The Kier molecular flexibility index (Phi) is 4.83. The number of hydrogen-bond acceptors (Lipinski definition) is 2. The molecule has 118 valence electrons. The monoisotopic (exact) mass is 309 g/mol. The summed E-state index contributed by atoms with van der Waals surface area (Å²) in [7, 11) is 0. The lowest BCUT2D eigenvalue weighted by atomic mass is 10.1. The molecule has 0 heterocycles. The third-order valence-electron chi connectivity index (χ3n) is 3.41. The third kappa shape index (κ3) is 5.24. The molecule has 1 N–H and O–H groups in total. The summed E-state index contributed by atoms with van der Waals surface area (Å²) in [5.74, 6) is -1.64. The largest absolute Gasteiger partial charge is 0.401 e. The van der Waals surface area contributed by atoms with Gasteiger partial charge in [0.25, 0.3) is 0 Å². The molecule has 1 aromatic carbocycles. The van der Waals surface area contributed by atoms with Crippen molar-refractivity contribution >= 4 is 0 Å². The summed E-state index contributed by atoms with van der Waals surface area (Å²) >= 11 is 0. The minimum Gasteiger partial charge on any atom is -0.388 e. The number of aliphatic hydroxyl groups is 1. The van der Waals surface area contributed by atoms with Crippen molar-refractivity contribution in [1.82, 2.24) is 4.90 Å². The lowest BCUT2D eigenvalue weighted by molar-refractivity contribution is -0.147. The average Bonchev–Trinajstić information content (AvgIpc) is 3.15. The Bertz CT molecular complexity index is 466. The first kappa shape index (κ1) is 16.2. The highest BCUT2D eigenvalue weighted by Gasteiger charge is 2.37. The number of benzene rings is 1. The Balaban J connectivity index is 1.93. The van der Waals surface area contributed by atoms with Gasteiger partial charge in [0.05, 0.1) is 12.6 Å². The molecule has 2 nitrogen and oxygen atoms in total. The molecule has 0 aromatic heterocycles. The van der Waals surface area contributed by atoms with Crippen molar-refractivity contribution in [2.24, 2.45) is 0 Å². The van der Waals surface area contributed by atoms with Crippen molar-refractivity contribution in [2.75, 3.05) is 13.1 Å². The minimum atomic E-state index is -4.29. The maximum Gasteiger partial charge on any atom is 0.401 e. The molecule has 7 heteroatoms. The Morgan fingerprint density at radius 3 is 2.19 bits per heavy atom. The summed E-state index contributed by atoms with van der Waals surface area (Å²) in [6.07, 6.45) is -4.07. The van der Waals surface area contributed by atoms with E-state index in [9.17, 15) is 27.1 Å². The summed E-state index contributed by atoms with van der Waals surface area (Å²) < 4.78 is 63.4. The highest BCUT2D eigenvalue weighted by molar-refractivity contribution is 5.20. The maximum atomic E-state index is 13.0. The van der Waals surface area contributed by atoms with E-state index < -0.39 is 30.5 Å². The molecule has 1 aliphatic rings. The summed E-state index contributed by atoms with van der Waals surface area (Å²) in [4.78, 5) is 1.26. The highest BCUT2D eigenvalue weighted by Crippen LogP contribution is 2.31. The van der Waals surface area contributed by atoms with Crippen LogP contribution in [0.4, 0.5) is 22.0 Å². The SMILES string of the molecule is OC(CCN(CC(F)(F)F)C1CC1)c1cc(F)cc(F)c1. The number of rotatable bonds is 6. The fraction of sp³-hybridized carbons (Fsp3) is 0.571. The normalized spacial score (nSPS) is 17.3. The molecule has 0 aliphatic heterocycles. The average molecular weight is 309 g/mol. The molecule has 21 heavy (non-hydrogen) atoms. The lowest BCUT2D eigenvalue weighted by Gasteiger charge is -2.24. The smallest absolute Gasteiger partial charge is 0.388 e. The summed E-state index contributed by atoms with van der Waals surface area (Å²) in [5, 5.41) is 9.88. The molecular formula is C14H16F5NO. The van der Waals surface area contributed by atoms with Crippen LogP contribution in [0, 0.1) is 11.6 Å². The maximum absolute atomic E-state index is 13.0. The third-order valence-corrected chi connectivity index (χ3v) is 3.41. The van der Waals surface area contributed by atoms with Crippen molar-refractivity contribution in [3.05, 3.63) is 35.4 Å². The molecule has 0 saturated heterocycles. The zero-order valence-electron chi connectivity index (χ0n) is 11.2. The van der Waals surface area contributed by atoms with Crippen LogP contribution in [0.3, 0.4) is 0 Å². The molecule has 0 radical (unpaired) electrons. The van der Waals surface area contributed by atoms with Crippen LogP contribution in [0.5, 0.6) is 0 Å². The van der Waals surface area contributed by atoms with E-state index >= 15 is 0 Å². The second-order valence-corrected chi connectivity index (χ2v) is 5.32. The molecular weight excluding hydrogens is 293 g/mol. The van der Waals surface area contributed by atoms with Gasteiger partial charge >= 0.3 is 6.18 Å². The summed E-state index contributed by atoms with van der Waals surface area (Å²) in [5.41, 5.74) is 0.0373. The van der Waals surface area contributed by atoms with Crippen molar-refractivity contribution in [2.45, 2.75) is 37.6 Å². The minimum absolute atomic E-state index is 0.00449. The topological polar surface area (TPSA) is 23.5 Å². The van der Waals surface area contributed by atoms with Crippen LogP contribution in [0.15, 0.2) is 18.2 Å². The highest BCUT2D eigenvalue weighted by atomic mass is 19.4. The number of alkyl halides is 3. The Labute approximate surface area is 119 Å². The van der Waals surface area contributed by atoms with Gasteiger partial charge in [-0.2, -0.15) is 13.2 Å². The van der Waals surface area contributed by atoms with Gasteiger partial charge in [0.15, 0.2) is 0 Å². The van der Waals surface area contributed by atoms with Gasteiger partial charge in [0.1, 0.15) is 11.6 Å². The molecule has 0 amide bonds. The van der Waals surface area contributed by atoms with Crippen LogP contribution in [0.2, 0.25) is 0 Å². The van der Waals surface area contributed by atoms with Gasteiger partial charge in [0, 0.05) is 18.7 Å². The van der Waals surface area contributed by atoms with Gasteiger partial charge in [0.2, 0.25) is 0 Å². The predicted molar refractivity (Wildman–Crippen MR) is 66.6 cm³/mol. The Morgan fingerprint density at radius 2 is 1.71 bits per heavy atom. The van der Waals surface area contributed by atoms with Crippen LogP contribution in [0.1, 0.15) is 30.9 Å². The first-order valence-corrected chi connectivity index (χ1v) is 6.69. The molecule has 0 bridgehead atoms. The summed E-state index contributed by atoms with van der Waals surface area (Å²) in [6, 6.07) is 2.54. The predicted octanol–water partition coefficient (Wildman–Crippen LogP) is 3.42. The molecule has 1 aromatic rings. The van der Waals surface area contributed by atoms with Crippen LogP contribution in [-0.4, -0.2) is 35.3 Å². The number of aliphatic hydroxyl groups excluding tert-OH is 1. The first-order chi connectivity index (χ1) is 9.74. The van der Waals surface area contributed by atoms with E-state index in [2.05, 4.69) is 0 Å². The van der Waals surface area contributed by atoms with Gasteiger partial charge in [-0.05, 0) is 37.0 Å². The number of nitrogens with zero attached hydrogens (tertiary/aromatic N) is 1. The van der Waals surface area contributed by atoms with Crippen LogP contribution < -0.4 is 0 Å². The zero-order valence-corrected chi connectivity index (χ0v) is 11.2. The standard InChI is InChI=1S/C14H16F5NO/c15-10-5-9(6-11(16)7-10)13(21)3-4-20(12-1-2-12)8-14(17,18)19/h5-7,12-13,21H,1-4,8H2. The van der Waals surface area contributed by atoms with E-state index in [1.165, 1.54) is 4.90 Å². The van der Waals surface area contributed by atoms with E-state index in [0.29, 0.717) is 18.9 Å². The molecule has 0 spiro atoms. The second kappa shape index (κ2) is 6.27. The zero-order chi connectivity index (χ0) is 15.6. The van der Waals surface area contributed by atoms with Gasteiger partial charge in [-0.15, -0.1) is 0 Å². The van der Waals surface area contributed by atoms with Gasteiger partial charge in [-0.25, -0.2) is 8.78 Å². The first-order valence-electron chi connectivity index (χ1n) is 6.69. The molecule has 1 unspecified atom stereocenters. The molecule has 1 aliphatic carbocycles. The fourth-order valence-corrected chi connectivity index (χ4v) is 2.28. The van der Waals surface area contributed by atoms with Crippen LogP contribution in [-0.2, 0) is 0 Å². The second-order valence-electron chi connectivity index (χ2n) is 5.32. The number of hydrogen-bond donors (Lipinski definition) is 1. The molecule has 1 fully saturated rings. The van der Waals surface area contributed by atoms with Crippen LogP contribution in [0.25, 0.3) is 0 Å². The molecule has 1 atom stereocenters. The Morgan fingerprint density at radius 1 is 1.14 bits per heavy atom. The molecule has 2 rings (SSSR count). The van der Waals surface area contributed by atoms with Gasteiger partial charge < -0.3 is 5.11 Å². The quantitative estimate of drug-likeness (QED) is 0.814. The van der Waals surface area contributed by atoms with Crippen molar-refractivity contribution in [3.63, 3.8) is 0 Å². The van der Waals surface area contributed by atoms with Crippen molar-refractivity contribution < 1.29 is 27.1 Å². The summed E-state index contributed by atoms with van der Waals surface area (Å²) in [6.45, 7) is -0.995. The van der Waals surface area contributed by atoms with E-state index in [1.807, 2.05) is 0 Å². The van der Waals surface area contributed by atoms with E-state index in [4.69, 9.17) is 0 Å². The van der Waals surface area contributed by atoms with Crippen LogP contribution >= 0.6 is 0 Å². The lowest BCUT2D eigenvalue weighted by Crippen LogP contribution is -2.37. The molecule has 1 saturated carbocycles. The van der Waals surface area contributed by atoms with Crippen molar-refractivity contribution in [1.29, 1.82) is 0 Å². The van der Waals surface area contributed by atoms with E-state index in [-0.39, 0.29) is 24.6 Å². The van der Waals surface area contributed by atoms with Crippen molar-refractivity contribution in [3.8, 4) is 0 Å². The van der Waals surface area contributed by atoms with E-state index in [0.717, 1.165) is 12.1 Å². The van der Waals surface area contributed by atoms with Gasteiger partial charge in [-0.1, -0.05) is 0 Å². The Hall–Kier alpha value is -1.21. The van der Waals surface area contributed by atoms with Gasteiger partial charge in [-0.3, -0.25) is 4.90 Å². The number of halogens is 5.